The number of carbonyl (C=O) groups is 3. The highest BCUT2D eigenvalue weighted by Crippen LogP contribution is 2.21. The van der Waals surface area contributed by atoms with E-state index >= 15 is 0 Å². The summed E-state index contributed by atoms with van der Waals surface area (Å²) in [5, 5.41) is 13.1. The van der Waals surface area contributed by atoms with Crippen LogP contribution in [0.4, 0.5) is 4.79 Å². The van der Waals surface area contributed by atoms with E-state index in [1.165, 1.54) is 11.1 Å². The SMILES string of the molecule is O=C(O)/C=C/C(=O)NC(=O)NC1Cc2ccccc2C1. The molecule has 1 aliphatic carbocycles. The van der Waals surface area contributed by atoms with E-state index in [1.807, 2.05) is 29.6 Å². The van der Waals surface area contributed by atoms with Crippen LogP contribution in [0.5, 0.6) is 0 Å². The van der Waals surface area contributed by atoms with E-state index in [2.05, 4.69) is 5.32 Å². The van der Waals surface area contributed by atoms with Gasteiger partial charge >= 0.3 is 12.0 Å². The number of amides is 3. The Morgan fingerprint density at radius 1 is 1.10 bits per heavy atom. The topological polar surface area (TPSA) is 95.5 Å². The fraction of sp³-hybridized carbons (Fsp3) is 0.214. The summed E-state index contributed by atoms with van der Waals surface area (Å²) in [6.07, 6.45) is 2.92. The molecule has 0 aliphatic heterocycles. The normalized spacial score (nSPS) is 14.0. The molecule has 0 atom stereocenters. The molecule has 0 saturated heterocycles. The second-order valence-corrected chi connectivity index (χ2v) is 4.51. The highest BCUT2D eigenvalue weighted by Gasteiger charge is 2.22. The quantitative estimate of drug-likeness (QED) is 0.704. The monoisotopic (exact) mass is 274 g/mol. The van der Waals surface area contributed by atoms with Gasteiger partial charge in [0.25, 0.3) is 5.91 Å². The standard InChI is InChI=1S/C14H14N2O4/c17-12(5-6-13(18)19)16-14(20)15-11-7-9-3-1-2-4-10(9)8-11/h1-6,11H,7-8H2,(H,18,19)(H2,15,16,17,20)/b6-5+. The Labute approximate surface area is 115 Å². The number of carbonyl (C=O) groups excluding carboxylic acids is 2. The summed E-state index contributed by atoms with van der Waals surface area (Å²) in [5.41, 5.74) is 2.38. The number of hydrogen-bond donors (Lipinski definition) is 3. The molecule has 6 heteroatoms. The van der Waals surface area contributed by atoms with Gasteiger partial charge in [-0.15, -0.1) is 0 Å². The van der Waals surface area contributed by atoms with Crippen molar-refractivity contribution in [1.29, 1.82) is 0 Å². The van der Waals surface area contributed by atoms with Gasteiger partial charge in [0, 0.05) is 18.2 Å². The first-order valence-corrected chi connectivity index (χ1v) is 6.14. The van der Waals surface area contributed by atoms with Crippen LogP contribution in [0.3, 0.4) is 0 Å². The van der Waals surface area contributed by atoms with Gasteiger partial charge in [-0.05, 0) is 24.0 Å². The van der Waals surface area contributed by atoms with Crippen molar-refractivity contribution in [2.75, 3.05) is 0 Å². The van der Waals surface area contributed by atoms with Crippen molar-refractivity contribution < 1.29 is 19.5 Å². The molecular formula is C14H14N2O4. The van der Waals surface area contributed by atoms with Gasteiger partial charge in [0.1, 0.15) is 0 Å². The molecule has 2 rings (SSSR count). The lowest BCUT2D eigenvalue weighted by molar-refractivity contribution is -0.131. The lowest BCUT2D eigenvalue weighted by Gasteiger charge is -2.11. The maximum Gasteiger partial charge on any atom is 0.328 e. The average Bonchev–Trinajstić information content (AvgIpc) is 2.78. The first-order chi connectivity index (χ1) is 9.54. The summed E-state index contributed by atoms with van der Waals surface area (Å²) in [7, 11) is 0. The average molecular weight is 274 g/mol. The van der Waals surface area contributed by atoms with Crippen molar-refractivity contribution in [3.05, 3.63) is 47.5 Å². The Balaban J connectivity index is 1.82. The fourth-order valence-electron chi connectivity index (χ4n) is 2.18. The molecule has 3 amide bonds. The van der Waals surface area contributed by atoms with Crippen LogP contribution in [0.15, 0.2) is 36.4 Å². The molecule has 0 unspecified atom stereocenters. The van der Waals surface area contributed by atoms with Gasteiger partial charge in [-0.2, -0.15) is 0 Å². The van der Waals surface area contributed by atoms with Crippen LogP contribution in [0.2, 0.25) is 0 Å². The number of urea groups is 1. The van der Waals surface area contributed by atoms with E-state index in [9.17, 15) is 14.4 Å². The highest BCUT2D eigenvalue weighted by atomic mass is 16.4. The predicted octanol–water partition coefficient (Wildman–Crippen LogP) is 0.620. The number of carboxylic acid groups (broad SMARTS) is 1. The minimum atomic E-state index is -1.24. The molecule has 0 radical (unpaired) electrons. The van der Waals surface area contributed by atoms with Crippen molar-refractivity contribution in [2.24, 2.45) is 0 Å². The number of fused-ring (bicyclic) bond motifs is 1. The Hall–Kier alpha value is -2.63. The summed E-state index contributed by atoms with van der Waals surface area (Å²) in [6.45, 7) is 0. The van der Waals surface area contributed by atoms with Crippen molar-refractivity contribution in [2.45, 2.75) is 18.9 Å². The van der Waals surface area contributed by atoms with Crippen molar-refractivity contribution in [3.8, 4) is 0 Å². The van der Waals surface area contributed by atoms with E-state index < -0.39 is 17.9 Å². The lowest BCUT2D eigenvalue weighted by Crippen LogP contribution is -2.44. The van der Waals surface area contributed by atoms with Gasteiger partial charge in [0.2, 0.25) is 0 Å². The van der Waals surface area contributed by atoms with Gasteiger partial charge < -0.3 is 10.4 Å². The van der Waals surface area contributed by atoms with Crippen LogP contribution in [0, 0.1) is 0 Å². The maximum absolute atomic E-state index is 11.6. The molecule has 1 aromatic rings. The lowest BCUT2D eigenvalue weighted by atomic mass is 10.1. The van der Waals surface area contributed by atoms with Crippen molar-refractivity contribution in [1.82, 2.24) is 10.6 Å². The first-order valence-electron chi connectivity index (χ1n) is 6.14. The summed E-state index contributed by atoms with van der Waals surface area (Å²) >= 11 is 0. The van der Waals surface area contributed by atoms with Gasteiger partial charge in [-0.3, -0.25) is 10.1 Å². The Kier molecular flexibility index (Phi) is 4.14. The molecule has 0 aromatic heterocycles. The molecule has 0 heterocycles. The van der Waals surface area contributed by atoms with Crippen molar-refractivity contribution >= 4 is 17.9 Å². The third-order valence-corrected chi connectivity index (χ3v) is 3.00. The fourth-order valence-corrected chi connectivity index (χ4v) is 2.18. The first kappa shape index (κ1) is 13.8. The third-order valence-electron chi connectivity index (χ3n) is 3.00. The summed E-state index contributed by atoms with van der Waals surface area (Å²) in [4.78, 5) is 33.0. The zero-order valence-electron chi connectivity index (χ0n) is 10.6. The van der Waals surface area contributed by atoms with Crippen LogP contribution in [0.25, 0.3) is 0 Å². The van der Waals surface area contributed by atoms with Crippen molar-refractivity contribution in [3.63, 3.8) is 0 Å². The van der Waals surface area contributed by atoms with Crippen LogP contribution < -0.4 is 10.6 Å². The van der Waals surface area contributed by atoms with E-state index in [0.29, 0.717) is 6.08 Å². The van der Waals surface area contributed by atoms with Gasteiger partial charge in [0.15, 0.2) is 0 Å². The molecule has 1 aliphatic rings. The second-order valence-electron chi connectivity index (χ2n) is 4.51. The van der Waals surface area contributed by atoms with E-state index in [-0.39, 0.29) is 6.04 Å². The molecule has 0 bridgehead atoms. The number of imide groups is 1. The smallest absolute Gasteiger partial charge is 0.328 e. The third kappa shape index (κ3) is 3.68. The number of benzene rings is 1. The van der Waals surface area contributed by atoms with Crippen LogP contribution in [-0.4, -0.2) is 29.1 Å². The Morgan fingerprint density at radius 3 is 2.25 bits per heavy atom. The number of carboxylic acids is 1. The molecule has 0 spiro atoms. The van der Waals surface area contributed by atoms with E-state index in [1.54, 1.807) is 0 Å². The van der Waals surface area contributed by atoms with Crippen LogP contribution in [-0.2, 0) is 22.4 Å². The van der Waals surface area contributed by atoms with Gasteiger partial charge in [0.05, 0.1) is 0 Å². The molecule has 1 aromatic carbocycles. The molecule has 104 valence electrons. The number of aliphatic carboxylic acids is 1. The van der Waals surface area contributed by atoms with Crippen LogP contribution >= 0.6 is 0 Å². The summed E-state index contributed by atoms with van der Waals surface area (Å²) < 4.78 is 0. The van der Waals surface area contributed by atoms with Gasteiger partial charge in [-0.1, -0.05) is 24.3 Å². The minimum absolute atomic E-state index is 0.0522. The number of rotatable bonds is 3. The Bertz CT molecular complexity index is 555. The largest absolute Gasteiger partial charge is 0.478 e. The van der Waals surface area contributed by atoms with Gasteiger partial charge in [-0.25, -0.2) is 9.59 Å². The molecular weight excluding hydrogens is 260 g/mol. The Morgan fingerprint density at radius 2 is 1.70 bits per heavy atom. The zero-order chi connectivity index (χ0) is 14.5. The van der Waals surface area contributed by atoms with E-state index in [0.717, 1.165) is 18.9 Å². The second kappa shape index (κ2) is 6.01. The van der Waals surface area contributed by atoms with E-state index in [4.69, 9.17) is 5.11 Å². The molecule has 3 N–H and O–H groups in total. The number of nitrogens with one attached hydrogen (secondary N) is 2. The zero-order valence-corrected chi connectivity index (χ0v) is 10.6. The number of hydrogen-bond acceptors (Lipinski definition) is 3. The summed E-state index contributed by atoms with van der Waals surface area (Å²) in [6, 6.07) is 7.24. The maximum atomic E-state index is 11.6. The molecule has 0 saturated carbocycles. The predicted molar refractivity (Wildman–Crippen MR) is 71.1 cm³/mol. The van der Waals surface area contributed by atoms with Crippen LogP contribution in [0.1, 0.15) is 11.1 Å². The molecule has 6 nitrogen and oxygen atoms in total. The molecule has 0 fully saturated rings. The molecule has 20 heavy (non-hydrogen) atoms. The minimum Gasteiger partial charge on any atom is -0.478 e. The summed E-state index contributed by atoms with van der Waals surface area (Å²) in [5.74, 6) is -2.01. The highest BCUT2D eigenvalue weighted by molar-refractivity contribution is 6.02.